The average molecular weight is 256 g/mol. The fourth-order valence-corrected chi connectivity index (χ4v) is 2.52. The van der Waals surface area contributed by atoms with Crippen LogP contribution in [0.3, 0.4) is 0 Å². The second-order valence-corrected chi connectivity index (χ2v) is 6.45. The number of pyridine rings is 1. The van der Waals surface area contributed by atoms with Crippen LogP contribution in [-0.4, -0.2) is 32.5 Å². The Morgan fingerprint density at radius 1 is 1.47 bits per heavy atom. The van der Waals surface area contributed by atoms with Crippen molar-refractivity contribution in [3.63, 3.8) is 0 Å². The van der Waals surface area contributed by atoms with Gasteiger partial charge in [-0.3, -0.25) is 4.98 Å². The minimum atomic E-state index is -2.91. The summed E-state index contributed by atoms with van der Waals surface area (Å²) in [6.07, 6.45) is 6.36. The molecule has 1 aromatic heterocycles. The van der Waals surface area contributed by atoms with E-state index in [0.29, 0.717) is 6.42 Å². The maximum atomic E-state index is 11.2. The molecule has 96 valence electrons. The number of hydrogen-bond donors (Lipinski definition) is 1. The first-order valence-corrected chi connectivity index (χ1v) is 7.81. The molecule has 0 aliphatic carbocycles. The van der Waals surface area contributed by atoms with Gasteiger partial charge in [0.2, 0.25) is 0 Å². The van der Waals surface area contributed by atoms with Crippen LogP contribution >= 0.6 is 0 Å². The molecule has 1 atom stereocenters. The van der Waals surface area contributed by atoms with E-state index in [1.54, 1.807) is 6.20 Å². The Hall–Kier alpha value is -0.940. The molecule has 5 heteroatoms. The lowest BCUT2D eigenvalue weighted by atomic mass is 9.99. The van der Waals surface area contributed by atoms with Gasteiger partial charge >= 0.3 is 0 Å². The van der Waals surface area contributed by atoms with E-state index in [1.165, 1.54) is 11.8 Å². The summed E-state index contributed by atoms with van der Waals surface area (Å²) in [4.78, 5) is 4.10. The van der Waals surface area contributed by atoms with Crippen LogP contribution in [0, 0.1) is 0 Å². The van der Waals surface area contributed by atoms with E-state index in [-0.39, 0.29) is 11.8 Å². The topological polar surface area (TPSA) is 59.1 Å². The van der Waals surface area contributed by atoms with Crippen LogP contribution < -0.4 is 5.32 Å². The van der Waals surface area contributed by atoms with Crippen LogP contribution in [0.5, 0.6) is 0 Å². The molecular formula is C12H20N2O2S. The lowest BCUT2D eigenvalue weighted by Gasteiger charge is -2.18. The van der Waals surface area contributed by atoms with Crippen LogP contribution in [0.4, 0.5) is 0 Å². The molecule has 1 aromatic rings. The Labute approximate surface area is 103 Å². The van der Waals surface area contributed by atoms with E-state index >= 15 is 0 Å². The van der Waals surface area contributed by atoms with Crippen molar-refractivity contribution in [2.45, 2.75) is 25.8 Å². The molecule has 17 heavy (non-hydrogen) atoms. The van der Waals surface area contributed by atoms with Gasteiger partial charge in [-0.25, -0.2) is 8.42 Å². The molecule has 0 amide bonds. The van der Waals surface area contributed by atoms with Crippen LogP contribution in [0.2, 0.25) is 0 Å². The van der Waals surface area contributed by atoms with E-state index in [2.05, 4.69) is 17.2 Å². The van der Waals surface area contributed by atoms with Crippen molar-refractivity contribution in [1.29, 1.82) is 0 Å². The quantitative estimate of drug-likeness (QED) is 0.834. The SMILES string of the molecule is CCc1cnccc1C(CCS(C)(=O)=O)NC. The zero-order valence-corrected chi connectivity index (χ0v) is 11.4. The van der Waals surface area contributed by atoms with Crippen molar-refractivity contribution in [2.75, 3.05) is 19.1 Å². The molecule has 0 saturated carbocycles. The normalized spacial score (nSPS) is 13.6. The minimum absolute atomic E-state index is 0.0719. The second kappa shape index (κ2) is 6.12. The molecule has 4 nitrogen and oxygen atoms in total. The fourth-order valence-electron chi connectivity index (χ4n) is 1.86. The van der Waals surface area contributed by atoms with Gasteiger partial charge in [-0.2, -0.15) is 0 Å². The molecule has 0 fully saturated rings. The van der Waals surface area contributed by atoms with E-state index in [1.807, 2.05) is 19.3 Å². The minimum Gasteiger partial charge on any atom is -0.313 e. The van der Waals surface area contributed by atoms with Gasteiger partial charge in [0.15, 0.2) is 0 Å². The number of hydrogen-bond acceptors (Lipinski definition) is 4. The van der Waals surface area contributed by atoms with Crippen LogP contribution in [0.15, 0.2) is 18.5 Å². The molecular weight excluding hydrogens is 236 g/mol. The van der Waals surface area contributed by atoms with Gasteiger partial charge < -0.3 is 5.32 Å². The summed E-state index contributed by atoms with van der Waals surface area (Å²) >= 11 is 0. The van der Waals surface area contributed by atoms with Crippen molar-refractivity contribution in [3.05, 3.63) is 29.6 Å². The standard InChI is InChI=1S/C12H20N2O2S/c1-4-10-9-14-7-5-11(10)12(13-2)6-8-17(3,15)16/h5,7,9,12-13H,4,6,8H2,1-3H3. The van der Waals surface area contributed by atoms with Crippen molar-refractivity contribution < 1.29 is 8.42 Å². The first-order chi connectivity index (χ1) is 7.98. The highest BCUT2D eigenvalue weighted by molar-refractivity contribution is 7.90. The van der Waals surface area contributed by atoms with Gasteiger partial charge in [-0.1, -0.05) is 6.92 Å². The summed E-state index contributed by atoms with van der Waals surface area (Å²) in [5.41, 5.74) is 2.31. The Morgan fingerprint density at radius 3 is 2.71 bits per heavy atom. The molecule has 1 N–H and O–H groups in total. The number of nitrogens with zero attached hydrogens (tertiary/aromatic N) is 1. The lowest BCUT2D eigenvalue weighted by molar-refractivity contribution is 0.555. The number of aromatic nitrogens is 1. The van der Waals surface area contributed by atoms with Gasteiger partial charge in [0.1, 0.15) is 9.84 Å². The van der Waals surface area contributed by atoms with Crippen molar-refractivity contribution in [1.82, 2.24) is 10.3 Å². The third kappa shape index (κ3) is 4.44. The zero-order chi connectivity index (χ0) is 12.9. The fraction of sp³-hybridized carbons (Fsp3) is 0.583. The zero-order valence-electron chi connectivity index (χ0n) is 10.6. The number of aryl methyl sites for hydroxylation is 1. The average Bonchev–Trinajstić information content (AvgIpc) is 2.29. The second-order valence-electron chi connectivity index (χ2n) is 4.19. The van der Waals surface area contributed by atoms with E-state index in [9.17, 15) is 8.42 Å². The first-order valence-electron chi connectivity index (χ1n) is 5.75. The smallest absolute Gasteiger partial charge is 0.147 e. The highest BCUT2D eigenvalue weighted by Crippen LogP contribution is 2.20. The molecule has 0 radical (unpaired) electrons. The monoisotopic (exact) mass is 256 g/mol. The molecule has 0 bridgehead atoms. The highest BCUT2D eigenvalue weighted by atomic mass is 32.2. The third-order valence-corrected chi connectivity index (χ3v) is 3.80. The summed E-state index contributed by atoms with van der Waals surface area (Å²) in [6.45, 7) is 2.07. The molecule has 0 aliphatic rings. The molecule has 1 heterocycles. The molecule has 0 saturated heterocycles. The summed E-state index contributed by atoms with van der Waals surface area (Å²) in [7, 11) is -1.06. The largest absolute Gasteiger partial charge is 0.313 e. The number of rotatable bonds is 6. The van der Waals surface area contributed by atoms with Gasteiger partial charge in [-0.05, 0) is 37.1 Å². The van der Waals surface area contributed by atoms with Crippen LogP contribution in [0.25, 0.3) is 0 Å². The van der Waals surface area contributed by atoms with Crippen LogP contribution in [-0.2, 0) is 16.3 Å². The Morgan fingerprint density at radius 2 is 2.18 bits per heavy atom. The number of sulfone groups is 1. The molecule has 0 aliphatic heterocycles. The summed E-state index contributed by atoms with van der Waals surface area (Å²) in [5, 5.41) is 3.17. The Bertz CT molecular complexity index is 457. The van der Waals surface area contributed by atoms with Crippen LogP contribution in [0.1, 0.15) is 30.5 Å². The van der Waals surface area contributed by atoms with Gasteiger partial charge in [-0.15, -0.1) is 0 Å². The summed E-state index contributed by atoms with van der Waals surface area (Å²) < 4.78 is 22.4. The molecule has 1 rings (SSSR count). The van der Waals surface area contributed by atoms with Gasteiger partial charge in [0.25, 0.3) is 0 Å². The Kier molecular flexibility index (Phi) is 5.08. The van der Waals surface area contributed by atoms with Crippen molar-refractivity contribution in [3.8, 4) is 0 Å². The molecule has 0 spiro atoms. The Balaban J connectivity index is 2.86. The van der Waals surface area contributed by atoms with Crippen molar-refractivity contribution in [2.24, 2.45) is 0 Å². The highest BCUT2D eigenvalue weighted by Gasteiger charge is 2.15. The maximum absolute atomic E-state index is 11.2. The summed E-state index contributed by atoms with van der Waals surface area (Å²) in [5.74, 6) is 0.198. The maximum Gasteiger partial charge on any atom is 0.147 e. The predicted octanol–water partition coefficient (Wildman–Crippen LogP) is 1.34. The van der Waals surface area contributed by atoms with Crippen molar-refractivity contribution >= 4 is 9.84 Å². The third-order valence-electron chi connectivity index (χ3n) is 2.82. The van der Waals surface area contributed by atoms with E-state index < -0.39 is 9.84 Å². The molecule has 0 aromatic carbocycles. The predicted molar refractivity (Wildman–Crippen MR) is 69.7 cm³/mol. The van der Waals surface area contributed by atoms with Gasteiger partial charge in [0.05, 0.1) is 5.75 Å². The first kappa shape index (κ1) is 14.1. The number of nitrogens with one attached hydrogen (secondary N) is 1. The molecule has 1 unspecified atom stereocenters. The van der Waals surface area contributed by atoms with E-state index in [4.69, 9.17) is 0 Å². The van der Waals surface area contributed by atoms with Gasteiger partial charge in [0, 0.05) is 24.7 Å². The lowest BCUT2D eigenvalue weighted by Crippen LogP contribution is -2.21. The van der Waals surface area contributed by atoms with E-state index in [0.717, 1.165) is 12.0 Å². The summed E-state index contributed by atoms with van der Waals surface area (Å²) in [6, 6.07) is 2.03.